The van der Waals surface area contributed by atoms with Crippen molar-refractivity contribution in [1.29, 1.82) is 0 Å². The Kier molecular flexibility index (Phi) is 6.15. The van der Waals surface area contributed by atoms with Crippen molar-refractivity contribution in [2.24, 2.45) is 5.92 Å². The molecule has 2 aromatic carbocycles. The van der Waals surface area contributed by atoms with Gasteiger partial charge in [-0.2, -0.15) is 0 Å². The highest BCUT2D eigenvalue weighted by atomic mass is 16.5. The summed E-state index contributed by atoms with van der Waals surface area (Å²) in [5, 5.41) is 3.31. The Bertz CT molecular complexity index is 754. The van der Waals surface area contributed by atoms with Gasteiger partial charge < -0.3 is 15.0 Å². The molecule has 148 valence electrons. The van der Waals surface area contributed by atoms with Crippen molar-refractivity contribution in [1.82, 2.24) is 5.32 Å². The van der Waals surface area contributed by atoms with Crippen molar-refractivity contribution >= 4 is 11.6 Å². The number of nitrogens with one attached hydrogen (secondary N) is 1. The summed E-state index contributed by atoms with van der Waals surface area (Å²) in [7, 11) is 0. The van der Waals surface area contributed by atoms with E-state index in [1.807, 2.05) is 42.5 Å². The van der Waals surface area contributed by atoms with Crippen molar-refractivity contribution in [3.8, 4) is 11.5 Å². The fourth-order valence-corrected chi connectivity index (χ4v) is 4.34. The summed E-state index contributed by atoms with van der Waals surface area (Å²) in [6.45, 7) is 1.81. The Morgan fingerprint density at radius 2 is 1.57 bits per heavy atom. The summed E-state index contributed by atoms with van der Waals surface area (Å²) in [6.07, 6.45) is 8.15. The van der Waals surface area contributed by atoms with Crippen LogP contribution < -0.4 is 15.0 Å². The predicted octanol–water partition coefficient (Wildman–Crippen LogP) is 5.14. The molecule has 0 radical (unpaired) electrons. The van der Waals surface area contributed by atoms with E-state index in [-0.39, 0.29) is 11.8 Å². The lowest BCUT2D eigenvalue weighted by Crippen LogP contribution is -2.46. The molecule has 1 N–H and O–H groups in total. The summed E-state index contributed by atoms with van der Waals surface area (Å²) >= 11 is 0. The lowest BCUT2D eigenvalue weighted by atomic mass is 9.93. The van der Waals surface area contributed by atoms with Gasteiger partial charge in [-0.3, -0.25) is 4.79 Å². The Labute approximate surface area is 167 Å². The van der Waals surface area contributed by atoms with Crippen LogP contribution >= 0.6 is 0 Å². The first-order valence-corrected chi connectivity index (χ1v) is 10.7. The summed E-state index contributed by atoms with van der Waals surface area (Å²) < 4.78 is 5.88. The first-order valence-electron chi connectivity index (χ1n) is 10.7. The quantitative estimate of drug-likeness (QED) is 0.783. The standard InChI is InChI=1S/C24H30N2O2/c27-24(25-20-9-3-1-4-10-20)19-8-7-17-26(18-19)21-13-15-23(16-14-21)28-22-11-5-2-6-12-22/h2,5-6,11-16,19-20H,1,3-4,7-10,17-18H2,(H,25,27). The van der Waals surface area contributed by atoms with Gasteiger partial charge in [-0.05, 0) is 62.1 Å². The molecule has 1 aliphatic carbocycles. The van der Waals surface area contributed by atoms with E-state index < -0.39 is 0 Å². The highest BCUT2D eigenvalue weighted by Gasteiger charge is 2.27. The van der Waals surface area contributed by atoms with Crippen molar-refractivity contribution in [3.63, 3.8) is 0 Å². The van der Waals surface area contributed by atoms with Crippen LogP contribution in [0.15, 0.2) is 54.6 Å². The van der Waals surface area contributed by atoms with Crippen LogP contribution in [0.5, 0.6) is 11.5 Å². The lowest BCUT2D eigenvalue weighted by molar-refractivity contribution is -0.126. The van der Waals surface area contributed by atoms with E-state index in [1.165, 1.54) is 19.3 Å². The number of rotatable bonds is 5. The minimum atomic E-state index is 0.0934. The molecule has 0 bridgehead atoms. The molecule has 28 heavy (non-hydrogen) atoms. The molecule has 2 aromatic rings. The number of ether oxygens (including phenoxy) is 1. The largest absolute Gasteiger partial charge is 0.457 e. The molecule has 1 unspecified atom stereocenters. The Morgan fingerprint density at radius 3 is 2.32 bits per heavy atom. The molecule has 4 rings (SSSR count). The third kappa shape index (κ3) is 4.86. The molecule has 1 heterocycles. The van der Waals surface area contributed by atoms with Gasteiger partial charge in [0.2, 0.25) is 5.91 Å². The number of piperidine rings is 1. The van der Waals surface area contributed by atoms with Crippen LogP contribution in [0, 0.1) is 5.92 Å². The van der Waals surface area contributed by atoms with Gasteiger partial charge in [-0.25, -0.2) is 0 Å². The second kappa shape index (κ2) is 9.13. The first kappa shape index (κ1) is 18.9. The predicted molar refractivity (Wildman–Crippen MR) is 113 cm³/mol. The van der Waals surface area contributed by atoms with Crippen LogP contribution in [0.2, 0.25) is 0 Å². The van der Waals surface area contributed by atoms with Crippen molar-refractivity contribution in [3.05, 3.63) is 54.6 Å². The summed E-state index contributed by atoms with van der Waals surface area (Å²) in [6, 6.07) is 18.4. The van der Waals surface area contributed by atoms with Gasteiger partial charge >= 0.3 is 0 Å². The number of para-hydroxylation sites is 1. The third-order valence-corrected chi connectivity index (χ3v) is 5.92. The van der Waals surface area contributed by atoms with Gasteiger partial charge in [0.05, 0.1) is 5.92 Å². The maximum atomic E-state index is 12.7. The normalized spacial score (nSPS) is 20.6. The Morgan fingerprint density at radius 1 is 0.857 bits per heavy atom. The number of amides is 1. The number of hydrogen-bond donors (Lipinski definition) is 1. The summed E-state index contributed by atoms with van der Waals surface area (Å²) in [5.74, 6) is 2.02. The van der Waals surface area contributed by atoms with E-state index in [2.05, 4.69) is 22.3 Å². The van der Waals surface area contributed by atoms with E-state index in [1.54, 1.807) is 0 Å². The Hall–Kier alpha value is -2.49. The molecule has 1 aliphatic heterocycles. The molecule has 4 nitrogen and oxygen atoms in total. The minimum absolute atomic E-state index is 0.0934. The van der Waals surface area contributed by atoms with Gasteiger partial charge in [-0.1, -0.05) is 37.5 Å². The smallest absolute Gasteiger partial charge is 0.225 e. The lowest BCUT2D eigenvalue weighted by Gasteiger charge is -2.35. The van der Waals surface area contributed by atoms with E-state index in [0.29, 0.717) is 6.04 Å². The second-order valence-electron chi connectivity index (χ2n) is 8.04. The molecule has 2 aliphatic rings. The number of carbonyl (C=O) groups excluding carboxylic acids is 1. The van der Waals surface area contributed by atoms with Gasteiger partial charge in [0, 0.05) is 24.8 Å². The van der Waals surface area contributed by atoms with Crippen LogP contribution in [0.25, 0.3) is 0 Å². The highest BCUT2D eigenvalue weighted by Crippen LogP contribution is 2.28. The van der Waals surface area contributed by atoms with E-state index in [4.69, 9.17) is 4.74 Å². The van der Waals surface area contributed by atoms with Crippen molar-refractivity contribution < 1.29 is 9.53 Å². The monoisotopic (exact) mass is 378 g/mol. The summed E-state index contributed by atoms with van der Waals surface area (Å²) in [4.78, 5) is 15.1. The molecule has 1 saturated heterocycles. The summed E-state index contributed by atoms with van der Waals surface area (Å²) in [5.41, 5.74) is 1.16. The first-order chi connectivity index (χ1) is 13.8. The number of benzene rings is 2. The van der Waals surface area contributed by atoms with Gasteiger partial charge in [-0.15, -0.1) is 0 Å². The van der Waals surface area contributed by atoms with Gasteiger partial charge in [0.15, 0.2) is 0 Å². The molecule has 4 heteroatoms. The SMILES string of the molecule is O=C(NC1CCCCC1)C1CCCN(c2ccc(Oc3ccccc3)cc2)C1. The van der Waals surface area contributed by atoms with E-state index in [9.17, 15) is 4.79 Å². The van der Waals surface area contributed by atoms with Crippen molar-refractivity contribution in [2.45, 2.75) is 51.0 Å². The van der Waals surface area contributed by atoms with E-state index in [0.717, 1.165) is 56.0 Å². The molecular weight excluding hydrogens is 348 g/mol. The van der Waals surface area contributed by atoms with Crippen LogP contribution in [0.4, 0.5) is 5.69 Å². The molecule has 1 saturated carbocycles. The zero-order valence-corrected chi connectivity index (χ0v) is 16.5. The van der Waals surface area contributed by atoms with Crippen LogP contribution in [0.1, 0.15) is 44.9 Å². The maximum absolute atomic E-state index is 12.7. The molecule has 1 amide bonds. The Balaban J connectivity index is 1.34. The van der Waals surface area contributed by atoms with Crippen molar-refractivity contribution in [2.75, 3.05) is 18.0 Å². The van der Waals surface area contributed by atoms with Gasteiger partial charge in [0.1, 0.15) is 11.5 Å². The maximum Gasteiger partial charge on any atom is 0.225 e. The van der Waals surface area contributed by atoms with Gasteiger partial charge in [0.25, 0.3) is 0 Å². The second-order valence-corrected chi connectivity index (χ2v) is 8.04. The molecule has 1 atom stereocenters. The van der Waals surface area contributed by atoms with Crippen LogP contribution in [-0.4, -0.2) is 25.0 Å². The number of nitrogens with zero attached hydrogens (tertiary/aromatic N) is 1. The minimum Gasteiger partial charge on any atom is -0.457 e. The van der Waals surface area contributed by atoms with Crippen LogP contribution in [-0.2, 0) is 4.79 Å². The highest BCUT2D eigenvalue weighted by molar-refractivity contribution is 5.80. The molecular formula is C24H30N2O2. The average Bonchev–Trinajstić information content (AvgIpc) is 2.76. The number of anilines is 1. The zero-order chi connectivity index (χ0) is 19.2. The number of hydrogen-bond acceptors (Lipinski definition) is 3. The molecule has 0 aromatic heterocycles. The zero-order valence-electron chi connectivity index (χ0n) is 16.5. The van der Waals surface area contributed by atoms with Crippen LogP contribution in [0.3, 0.4) is 0 Å². The van der Waals surface area contributed by atoms with E-state index >= 15 is 0 Å². The topological polar surface area (TPSA) is 41.6 Å². The third-order valence-electron chi connectivity index (χ3n) is 5.92. The average molecular weight is 379 g/mol. The number of carbonyl (C=O) groups is 1. The fraction of sp³-hybridized carbons (Fsp3) is 0.458. The molecule has 2 fully saturated rings. The molecule has 0 spiro atoms. The fourth-order valence-electron chi connectivity index (χ4n) is 4.34.